The van der Waals surface area contributed by atoms with Crippen molar-refractivity contribution in [2.24, 2.45) is 10.7 Å². The van der Waals surface area contributed by atoms with Gasteiger partial charge in [-0.25, -0.2) is 0 Å². The molecule has 0 aromatic heterocycles. The van der Waals surface area contributed by atoms with Crippen LogP contribution in [-0.4, -0.2) is 19.6 Å². The predicted octanol–water partition coefficient (Wildman–Crippen LogP) is 2.39. The smallest absolute Gasteiger partial charge is 0.193 e. The van der Waals surface area contributed by atoms with Gasteiger partial charge in [0.2, 0.25) is 0 Å². The van der Waals surface area contributed by atoms with Crippen molar-refractivity contribution in [3.05, 3.63) is 36.4 Å². The van der Waals surface area contributed by atoms with E-state index in [1.165, 1.54) is 0 Å². The first-order valence-corrected chi connectivity index (χ1v) is 5.59. The number of ether oxygens (including phenoxy) is 1. The second-order valence-corrected chi connectivity index (χ2v) is 3.45. The third-order valence-corrected chi connectivity index (χ3v) is 2.18. The summed E-state index contributed by atoms with van der Waals surface area (Å²) in [6, 6.07) is 7.59. The van der Waals surface area contributed by atoms with Crippen LogP contribution < -0.4 is 15.8 Å². The Morgan fingerprint density at radius 1 is 1.47 bits per heavy atom. The zero-order chi connectivity index (χ0) is 12.5. The van der Waals surface area contributed by atoms with Gasteiger partial charge in [0.25, 0.3) is 0 Å². The maximum Gasteiger partial charge on any atom is 0.193 e. The number of hydrogen-bond donors (Lipinski definition) is 2. The molecule has 4 heteroatoms. The quantitative estimate of drug-likeness (QED) is 0.355. The number of nitrogens with zero attached hydrogens (tertiary/aromatic N) is 1. The lowest BCUT2D eigenvalue weighted by Crippen LogP contribution is -2.23. The summed E-state index contributed by atoms with van der Waals surface area (Å²) in [7, 11) is 1.62. The van der Waals surface area contributed by atoms with Crippen LogP contribution in [0.25, 0.3) is 0 Å². The molecule has 3 N–H and O–H groups in total. The second kappa shape index (κ2) is 7.33. The number of methoxy groups -OCH3 is 1. The van der Waals surface area contributed by atoms with Crippen molar-refractivity contribution in [3.63, 3.8) is 0 Å². The van der Waals surface area contributed by atoms with Gasteiger partial charge in [0.15, 0.2) is 5.96 Å². The van der Waals surface area contributed by atoms with Crippen LogP contribution in [0, 0.1) is 0 Å². The van der Waals surface area contributed by atoms with E-state index in [-0.39, 0.29) is 0 Å². The second-order valence-electron chi connectivity index (χ2n) is 3.45. The number of guanidine groups is 1. The first kappa shape index (κ1) is 13.1. The molecule has 0 radical (unpaired) electrons. The van der Waals surface area contributed by atoms with Crippen LogP contribution in [0.5, 0.6) is 5.75 Å². The highest BCUT2D eigenvalue weighted by Crippen LogP contribution is 2.22. The molecule has 4 nitrogen and oxygen atoms in total. The van der Waals surface area contributed by atoms with E-state index in [4.69, 9.17) is 10.5 Å². The highest BCUT2D eigenvalue weighted by molar-refractivity contribution is 5.93. The predicted molar refractivity (Wildman–Crippen MR) is 72.5 cm³/mol. The third kappa shape index (κ3) is 4.59. The maximum absolute atomic E-state index is 5.77. The highest BCUT2D eigenvalue weighted by Gasteiger charge is 2.01. The monoisotopic (exact) mass is 233 g/mol. The van der Waals surface area contributed by atoms with E-state index >= 15 is 0 Å². The highest BCUT2D eigenvalue weighted by atomic mass is 16.5. The summed E-state index contributed by atoms with van der Waals surface area (Å²) >= 11 is 0. The summed E-state index contributed by atoms with van der Waals surface area (Å²) < 4.78 is 5.21. The summed E-state index contributed by atoms with van der Waals surface area (Å²) in [6.07, 6.45) is 4.95. The first-order chi connectivity index (χ1) is 8.27. The number of allylic oxidation sites excluding steroid dienone is 1. The summed E-state index contributed by atoms with van der Waals surface area (Å²) in [5.41, 5.74) is 6.59. The molecule has 92 valence electrons. The summed E-state index contributed by atoms with van der Waals surface area (Å²) in [5, 5.41) is 3.02. The summed E-state index contributed by atoms with van der Waals surface area (Å²) in [6.45, 7) is 2.67. The molecule has 1 rings (SSSR count). The van der Waals surface area contributed by atoms with Crippen molar-refractivity contribution in [3.8, 4) is 5.75 Å². The van der Waals surface area contributed by atoms with Gasteiger partial charge in [0.1, 0.15) is 5.75 Å². The fourth-order valence-corrected chi connectivity index (χ4v) is 1.35. The Bertz CT molecular complexity index is 399. The van der Waals surface area contributed by atoms with Crippen LogP contribution in [0.1, 0.15) is 13.3 Å². The van der Waals surface area contributed by atoms with E-state index in [2.05, 4.69) is 16.4 Å². The molecule has 0 aliphatic rings. The molecule has 0 saturated carbocycles. The van der Waals surface area contributed by atoms with E-state index in [1.54, 1.807) is 7.11 Å². The van der Waals surface area contributed by atoms with Gasteiger partial charge in [-0.05, 0) is 25.5 Å². The molecule has 1 aromatic rings. The minimum atomic E-state index is 0.402. The van der Waals surface area contributed by atoms with E-state index < -0.39 is 0 Å². The maximum atomic E-state index is 5.77. The van der Waals surface area contributed by atoms with Crippen molar-refractivity contribution >= 4 is 11.6 Å². The summed E-state index contributed by atoms with van der Waals surface area (Å²) in [4.78, 5) is 4.21. The van der Waals surface area contributed by atoms with Gasteiger partial charge >= 0.3 is 0 Å². The zero-order valence-corrected chi connectivity index (χ0v) is 10.3. The SMILES string of the molecule is CC=CCCN=C(N)Nc1ccccc1OC. The van der Waals surface area contributed by atoms with E-state index in [0.29, 0.717) is 12.5 Å². The van der Waals surface area contributed by atoms with Crippen molar-refractivity contribution in [2.75, 3.05) is 19.0 Å². The Morgan fingerprint density at radius 3 is 2.94 bits per heavy atom. The van der Waals surface area contributed by atoms with Crippen LogP contribution in [0.3, 0.4) is 0 Å². The third-order valence-electron chi connectivity index (χ3n) is 2.18. The molecule has 0 heterocycles. The minimum absolute atomic E-state index is 0.402. The Labute approximate surface area is 102 Å². The summed E-state index contributed by atoms with van der Waals surface area (Å²) in [5.74, 6) is 1.15. The Hall–Kier alpha value is -1.97. The van der Waals surface area contributed by atoms with Crippen LogP contribution in [0.4, 0.5) is 5.69 Å². The van der Waals surface area contributed by atoms with Gasteiger partial charge in [-0.1, -0.05) is 24.3 Å². The van der Waals surface area contributed by atoms with Gasteiger partial charge in [0, 0.05) is 6.54 Å². The number of nitrogens with one attached hydrogen (secondary N) is 1. The zero-order valence-electron chi connectivity index (χ0n) is 10.3. The topological polar surface area (TPSA) is 59.6 Å². The fourth-order valence-electron chi connectivity index (χ4n) is 1.35. The number of hydrogen-bond acceptors (Lipinski definition) is 2. The lowest BCUT2D eigenvalue weighted by atomic mass is 10.3. The lowest BCUT2D eigenvalue weighted by molar-refractivity contribution is 0.417. The number of nitrogens with two attached hydrogens (primary N) is 1. The molecular weight excluding hydrogens is 214 g/mol. The molecule has 0 aliphatic carbocycles. The van der Waals surface area contributed by atoms with E-state index in [9.17, 15) is 0 Å². The Balaban J connectivity index is 2.57. The molecule has 0 saturated heterocycles. The van der Waals surface area contributed by atoms with Crippen LogP contribution in [0.2, 0.25) is 0 Å². The van der Waals surface area contributed by atoms with Crippen LogP contribution >= 0.6 is 0 Å². The van der Waals surface area contributed by atoms with Gasteiger partial charge < -0.3 is 15.8 Å². The first-order valence-electron chi connectivity index (χ1n) is 5.59. The molecule has 0 atom stereocenters. The molecule has 0 fully saturated rings. The van der Waals surface area contributed by atoms with Gasteiger partial charge in [0.05, 0.1) is 12.8 Å². The molecule has 1 aromatic carbocycles. The van der Waals surface area contributed by atoms with Crippen molar-refractivity contribution in [1.82, 2.24) is 0 Å². The Kier molecular flexibility index (Phi) is 5.64. The van der Waals surface area contributed by atoms with E-state index in [0.717, 1.165) is 17.9 Å². The molecule has 0 aliphatic heterocycles. The van der Waals surface area contributed by atoms with Gasteiger partial charge in [-0.3, -0.25) is 4.99 Å². The molecular formula is C13H19N3O. The van der Waals surface area contributed by atoms with Crippen LogP contribution in [0.15, 0.2) is 41.4 Å². The van der Waals surface area contributed by atoms with E-state index in [1.807, 2.05) is 37.3 Å². The Morgan fingerprint density at radius 2 is 2.24 bits per heavy atom. The fraction of sp³-hybridized carbons (Fsp3) is 0.308. The molecule has 0 spiro atoms. The van der Waals surface area contributed by atoms with Crippen molar-refractivity contribution in [1.29, 1.82) is 0 Å². The number of aliphatic imine (C=N–C) groups is 1. The average Bonchev–Trinajstić information content (AvgIpc) is 2.35. The average molecular weight is 233 g/mol. The lowest BCUT2D eigenvalue weighted by Gasteiger charge is -2.09. The van der Waals surface area contributed by atoms with Gasteiger partial charge in [-0.15, -0.1) is 0 Å². The minimum Gasteiger partial charge on any atom is -0.495 e. The largest absolute Gasteiger partial charge is 0.495 e. The van der Waals surface area contributed by atoms with Gasteiger partial charge in [-0.2, -0.15) is 0 Å². The molecule has 17 heavy (non-hydrogen) atoms. The normalized spacial score (nSPS) is 11.8. The number of benzene rings is 1. The van der Waals surface area contributed by atoms with Crippen molar-refractivity contribution in [2.45, 2.75) is 13.3 Å². The number of para-hydroxylation sites is 2. The number of rotatable bonds is 5. The van der Waals surface area contributed by atoms with Crippen molar-refractivity contribution < 1.29 is 4.74 Å². The molecule has 0 unspecified atom stereocenters. The van der Waals surface area contributed by atoms with Crippen LogP contribution in [-0.2, 0) is 0 Å². The molecule has 0 amide bonds. The molecule has 0 bridgehead atoms. The number of anilines is 1. The standard InChI is InChI=1S/C13H19N3O/c1-3-4-7-10-15-13(14)16-11-8-5-6-9-12(11)17-2/h3-6,8-9H,7,10H2,1-2H3,(H3,14,15,16).